The number of fused-ring (bicyclic) bond motifs is 1. The molecule has 1 N–H and O–H groups in total. The largest absolute Gasteiger partial charge is 0.390 e. The number of amides is 1. The van der Waals surface area contributed by atoms with E-state index in [1.54, 1.807) is 0 Å². The van der Waals surface area contributed by atoms with Gasteiger partial charge in [0.2, 0.25) is 0 Å². The van der Waals surface area contributed by atoms with Gasteiger partial charge in [-0.3, -0.25) is 9.69 Å². The molecule has 3 rings (SSSR count). The molecule has 1 amide bonds. The summed E-state index contributed by atoms with van der Waals surface area (Å²) in [6, 6.07) is 8.48. The van der Waals surface area contributed by atoms with Gasteiger partial charge in [0.25, 0.3) is 5.91 Å². The second-order valence-electron chi connectivity index (χ2n) is 7.95. The molecule has 0 bridgehead atoms. The van der Waals surface area contributed by atoms with Crippen LogP contribution >= 0.6 is 0 Å². The Balaban J connectivity index is 1.64. The van der Waals surface area contributed by atoms with Crippen molar-refractivity contribution < 1.29 is 9.90 Å². The average molecular weight is 330 g/mol. The highest BCUT2D eigenvalue weighted by atomic mass is 16.3. The quantitative estimate of drug-likeness (QED) is 0.923. The third-order valence-electron chi connectivity index (χ3n) is 5.32. The molecule has 1 atom stereocenters. The van der Waals surface area contributed by atoms with Crippen LogP contribution in [0.3, 0.4) is 0 Å². The Bertz CT molecular complexity index is 579. The monoisotopic (exact) mass is 330 g/mol. The first-order valence-corrected chi connectivity index (χ1v) is 9.27. The number of hydrogen-bond donors (Lipinski definition) is 1. The van der Waals surface area contributed by atoms with Crippen LogP contribution in [0.2, 0.25) is 0 Å². The first-order valence-electron chi connectivity index (χ1n) is 9.27. The molecule has 24 heavy (non-hydrogen) atoms. The normalized spacial score (nSPS) is 22.3. The fourth-order valence-electron chi connectivity index (χ4n) is 3.83. The smallest absolute Gasteiger partial charge is 0.253 e. The van der Waals surface area contributed by atoms with Gasteiger partial charge in [-0.1, -0.05) is 18.6 Å². The molecule has 0 saturated carbocycles. The predicted molar refractivity (Wildman–Crippen MR) is 96.2 cm³/mol. The Kier molecular flexibility index (Phi) is 5.26. The minimum atomic E-state index is -0.669. The Morgan fingerprint density at radius 1 is 1.25 bits per heavy atom. The molecule has 2 heterocycles. The van der Waals surface area contributed by atoms with E-state index < -0.39 is 5.60 Å². The Morgan fingerprint density at radius 3 is 2.88 bits per heavy atom. The first kappa shape index (κ1) is 17.4. The number of aryl methyl sites for hydroxylation is 1. The van der Waals surface area contributed by atoms with Crippen LogP contribution in [0.15, 0.2) is 24.3 Å². The molecular weight excluding hydrogens is 300 g/mol. The second kappa shape index (κ2) is 7.24. The van der Waals surface area contributed by atoms with E-state index in [2.05, 4.69) is 4.90 Å². The number of carbonyl (C=O) groups excluding carboxylic acids is 1. The summed E-state index contributed by atoms with van der Waals surface area (Å²) in [5.41, 5.74) is 1.24. The number of piperidine rings is 1. The molecule has 0 radical (unpaired) electrons. The summed E-state index contributed by atoms with van der Waals surface area (Å²) in [7, 11) is 0. The van der Waals surface area contributed by atoms with Crippen molar-refractivity contribution in [3.8, 4) is 0 Å². The van der Waals surface area contributed by atoms with Gasteiger partial charge < -0.3 is 10.0 Å². The zero-order valence-corrected chi connectivity index (χ0v) is 15.0. The van der Waals surface area contributed by atoms with Gasteiger partial charge in [0.1, 0.15) is 0 Å². The average Bonchev–Trinajstić information content (AvgIpc) is 2.58. The van der Waals surface area contributed by atoms with E-state index in [-0.39, 0.29) is 5.91 Å². The lowest BCUT2D eigenvalue weighted by molar-refractivity contribution is 0.0372. The first-order chi connectivity index (χ1) is 11.4. The predicted octanol–water partition coefficient (Wildman–Crippen LogP) is 2.70. The molecular formula is C20H30N2O2. The van der Waals surface area contributed by atoms with Gasteiger partial charge >= 0.3 is 0 Å². The van der Waals surface area contributed by atoms with Crippen LogP contribution in [0.4, 0.5) is 0 Å². The second-order valence-corrected chi connectivity index (χ2v) is 7.95. The van der Waals surface area contributed by atoms with E-state index in [4.69, 9.17) is 0 Å². The van der Waals surface area contributed by atoms with Gasteiger partial charge in [-0.25, -0.2) is 0 Å². The number of nitrogens with zero attached hydrogens (tertiary/aromatic N) is 2. The van der Waals surface area contributed by atoms with Crippen molar-refractivity contribution in [2.24, 2.45) is 0 Å². The highest BCUT2D eigenvalue weighted by Crippen LogP contribution is 2.22. The molecule has 2 fully saturated rings. The maximum Gasteiger partial charge on any atom is 0.253 e. The number of hydrogen-bond acceptors (Lipinski definition) is 3. The van der Waals surface area contributed by atoms with Crippen molar-refractivity contribution >= 4 is 5.91 Å². The van der Waals surface area contributed by atoms with Crippen LogP contribution < -0.4 is 0 Å². The Labute approximate surface area is 145 Å². The van der Waals surface area contributed by atoms with Crippen LogP contribution in [0, 0.1) is 0 Å². The summed E-state index contributed by atoms with van der Waals surface area (Å²) in [6.07, 6.45) is 5.30. The lowest BCUT2D eigenvalue weighted by Gasteiger charge is -2.44. The molecule has 4 heteroatoms. The number of rotatable bonds is 4. The molecule has 0 aromatic heterocycles. The molecule has 0 unspecified atom stereocenters. The maximum atomic E-state index is 12.9. The number of carbonyl (C=O) groups is 1. The summed E-state index contributed by atoms with van der Waals surface area (Å²) in [5.74, 6) is 0.158. The lowest BCUT2D eigenvalue weighted by atomic mass is 9.97. The summed E-state index contributed by atoms with van der Waals surface area (Å²) in [4.78, 5) is 17.5. The molecule has 0 spiro atoms. The van der Waals surface area contributed by atoms with E-state index in [0.717, 1.165) is 37.2 Å². The Hall–Kier alpha value is -1.39. The van der Waals surface area contributed by atoms with E-state index in [1.165, 1.54) is 25.8 Å². The molecule has 132 valence electrons. The summed E-state index contributed by atoms with van der Waals surface area (Å²) in [5, 5.41) is 9.89. The summed E-state index contributed by atoms with van der Waals surface area (Å²) < 4.78 is 0. The Morgan fingerprint density at radius 2 is 2.08 bits per heavy atom. The van der Waals surface area contributed by atoms with Crippen LogP contribution in [-0.4, -0.2) is 58.6 Å². The van der Waals surface area contributed by atoms with Crippen molar-refractivity contribution in [3.63, 3.8) is 0 Å². The SMILES string of the molecule is CC(C)(O)CCc1cccc(C(=O)N2CCN3CCCC[C@H]3C2)c1. The lowest BCUT2D eigenvalue weighted by Crippen LogP contribution is -2.56. The van der Waals surface area contributed by atoms with Gasteiger partial charge in [-0.15, -0.1) is 0 Å². The third kappa shape index (κ3) is 4.37. The molecule has 2 aliphatic heterocycles. The fraction of sp³-hybridized carbons (Fsp3) is 0.650. The number of aliphatic hydroxyl groups is 1. The van der Waals surface area contributed by atoms with E-state index in [1.807, 2.05) is 43.0 Å². The van der Waals surface area contributed by atoms with Gasteiger partial charge in [-0.05, 0) is 63.8 Å². The van der Waals surface area contributed by atoms with Crippen LogP contribution in [0.25, 0.3) is 0 Å². The van der Waals surface area contributed by atoms with Gasteiger partial charge in [0, 0.05) is 31.2 Å². The molecule has 1 aromatic rings. The van der Waals surface area contributed by atoms with Gasteiger partial charge in [0.15, 0.2) is 0 Å². The molecule has 0 aliphatic carbocycles. The summed E-state index contributed by atoms with van der Waals surface area (Å²) in [6.45, 7) is 7.56. The van der Waals surface area contributed by atoms with Crippen LogP contribution in [-0.2, 0) is 6.42 Å². The molecule has 2 saturated heterocycles. The molecule has 4 nitrogen and oxygen atoms in total. The van der Waals surface area contributed by atoms with Crippen LogP contribution in [0.5, 0.6) is 0 Å². The fourth-order valence-corrected chi connectivity index (χ4v) is 3.83. The van der Waals surface area contributed by atoms with Crippen LogP contribution in [0.1, 0.15) is 55.5 Å². The minimum Gasteiger partial charge on any atom is -0.390 e. The highest BCUT2D eigenvalue weighted by molar-refractivity contribution is 5.94. The van der Waals surface area contributed by atoms with Crippen molar-refractivity contribution in [3.05, 3.63) is 35.4 Å². The highest BCUT2D eigenvalue weighted by Gasteiger charge is 2.31. The van der Waals surface area contributed by atoms with Crippen molar-refractivity contribution in [2.45, 2.75) is 57.6 Å². The van der Waals surface area contributed by atoms with E-state index in [9.17, 15) is 9.90 Å². The van der Waals surface area contributed by atoms with E-state index >= 15 is 0 Å². The zero-order valence-electron chi connectivity index (χ0n) is 15.0. The topological polar surface area (TPSA) is 43.8 Å². The minimum absolute atomic E-state index is 0.158. The van der Waals surface area contributed by atoms with Crippen molar-refractivity contribution in [1.29, 1.82) is 0 Å². The number of benzene rings is 1. The zero-order chi connectivity index (χ0) is 17.2. The third-order valence-corrected chi connectivity index (χ3v) is 5.32. The summed E-state index contributed by atoms with van der Waals surface area (Å²) >= 11 is 0. The molecule has 1 aromatic carbocycles. The van der Waals surface area contributed by atoms with E-state index in [0.29, 0.717) is 12.5 Å². The van der Waals surface area contributed by atoms with Gasteiger partial charge in [-0.2, -0.15) is 0 Å². The number of piperazine rings is 1. The standard InChI is InChI=1S/C20H30N2O2/c1-20(2,24)10-9-16-6-5-7-17(14-16)19(23)22-13-12-21-11-4-3-8-18(21)15-22/h5-7,14,18,24H,3-4,8-13,15H2,1-2H3/t18-/m0/s1. The molecule has 2 aliphatic rings. The maximum absolute atomic E-state index is 12.9. The van der Waals surface area contributed by atoms with Gasteiger partial charge in [0.05, 0.1) is 5.60 Å². The van der Waals surface area contributed by atoms with Crippen molar-refractivity contribution in [2.75, 3.05) is 26.2 Å². The van der Waals surface area contributed by atoms with Crippen molar-refractivity contribution in [1.82, 2.24) is 9.80 Å².